The van der Waals surface area contributed by atoms with Crippen LogP contribution in [0.1, 0.15) is 18.5 Å². The molecule has 0 aliphatic heterocycles. The highest BCUT2D eigenvalue weighted by Crippen LogP contribution is 2.14. The summed E-state index contributed by atoms with van der Waals surface area (Å²) in [4.78, 5) is 6.43. The number of rotatable bonds is 4. The Labute approximate surface area is 151 Å². The van der Waals surface area contributed by atoms with Crippen LogP contribution in [-0.4, -0.2) is 9.90 Å². The van der Waals surface area contributed by atoms with Crippen molar-refractivity contribution in [2.45, 2.75) is 13.0 Å². The van der Waals surface area contributed by atoms with Crippen LogP contribution in [-0.2, 0) is 0 Å². The molecule has 5 heteroatoms. The average molecular weight is 341 g/mol. The largest absolute Gasteiger partial charge is 0.315 e. The standard InChI is InChI=1S/C21H19N5/c1-17(18-11-5-2-6-12-18)22-21-23-26(20-15-9-4-10-16-20)24-25(21)19-13-7-3-8-14-19/h2-17H,1H3. The Bertz CT molecular complexity index is 1030. The first-order chi connectivity index (χ1) is 12.8. The van der Waals surface area contributed by atoms with E-state index in [0.29, 0.717) is 5.62 Å². The Balaban J connectivity index is 1.84. The molecule has 0 N–H and O–H groups in total. The lowest BCUT2D eigenvalue weighted by Gasteiger charge is -2.07. The third kappa shape index (κ3) is 3.32. The summed E-state index contributed by atoms with van der Waals surface area (Å²) in [5, 5.41) is 9.25. The van der Waals surface area contributed by atoms with E-state index in [1.165, 1.54) is 0 Å². The van der Waals surface area contributed by atoms with Crippen LogP contribution in [0, 0.1) is 0 Å². The normalized spacial score (nSPS) is 12.9. The van der Waals surface area contributed by atoms with Gasteiger partial charge in [-0.1, -0.05) is 71.5 Å². The first-order valence-corrected chi connectivity index (χ1v) is 8.57. The lowest BCUT2D eigenvalue weighted by Crippen LogP contribution is -2.40. The highest BCUT2D eigenvalue weighted by molar-refractivity contribution is 5.29. The summed E-state index contributed by atoms with van der Waals surface area (Å²) < 4.78 is 1.77. The van der Waals surface area contributed by atoms with Gasteiger partial charge >= 0.3 is 0 Å². The van der Waals surface area contributed by atoms with Crippen molar-refractivity contribution in [1.29, 1.82) is 0 Å². The number of hydrogen-bond donors (Lipinski definition) is 0. The van der Waals surface area contributed by atoms with Crippen molar-refractivity contribution in [2.75, 3.05) is 0 Å². The molecular weight excluding hydrogens is 322 g/mol. The highest BCUT2D eigenvalue weighted by Gasteiger charge is 2.12. The molecule has 0 saturated heterocycles. The fourth-order valence-electron chi connectivity index (χ4n) is 2.74. The zero-order valence-corrected chi connectivity index (χ0v) is 14.5. The van der Waals surface area contributed by atoms with E-state index in [9.17, 15) is 0 Å². The number of nitrogens with zero attached hydrogens (tertiary/aromatic N) is 5. The number of hydrogen-bond acceptors (Lipinski definition) is 2. The maximum Gasteiger partial charge on any atom is 0.262 e. The van der Waals surface area contributed by atoms with Gasteiger partial charge < -0.3 is 4.99 Å². The van der Waals surface area contributed by atoms with Gasteiger partial charge in [0.15, 0.2) is 5.69 Å². The fraction of sp³-hybridized carbons (Fsp3) is 0.0952. The molecule has 0 spiro atoms. The van der Waals surface area contributed by atoms with Crippen LogP contribution in [0.2, 0.25) is 0 Å². The van der Waals surface area contributed by atoms with Crippen LogP contribution in [0.4, 0.5) is 0 Å². The van der Waals surface area contributed by atoms with E-state index in [0.717, 1.165) is 16.9 Å². The molecule has 1 heterocycles. The lowest BCUT2D eigenvalue weighted by atomic mass is 10.1. The van der Waals surface area contributed by atoms with Crippen molar-refractivity contribution in [2.24, 2.45) is 4.99 Å². The summed E-state index contributed by atoms with van der Waals surface area (Å²) >= 11 is 0. The third-order valence-electron chi connectivity index (χ3n) is 4.13. The van der Waals surface area contributed by atoms with E-state index in [4.69, 9.17) is 4.99 Å². The minimum Gasteiger partial charge on any atom is -0.315 e. The van der Waals surface area contributed by atoms with Crippen LogP contribution in [0.5, 0.6) is 0 Å². The maximum atomic E-state index is 4.82. The van der Waals surface area contributed by atoms with Crippen molar-refractivity contribution >= 4 is 0 Å². The predicted octanol–water partition coefficient (Wildman–Crippen LogP) is 2.77. The molecule has 0 saturated carbocycles. The van der Waals surface area contributed by atoms with Gasteiger partial charge in [-0.25, -0.2) is 0 Å². The monoisotopic (exact) mass is 341 g/mol. The third-order valence-corrected chi connectivity index (χ3v) is 4.13. The van der Waals surface area contributed by atoms with Crippen molar-refractivity contribution in [3.63, 3.8) is 0 Å². The molecule has 0 aliphatic carbocycles. The molecule has 4 aromatic rings. The Morgan fingerprint density at radius 3 is 2.08 bits per heavy atom. The second-order valence-corrected chi connectivity index (χ2v) is 5.98. The van der Waals surface area contributed by atoms with Gasteiger partial charge in [-0.2, -0.15) is 0 Å². The van der Waals surface area contributed by atoms with Crippen molar-refractivity contribution in [1.82, 2.24) is 15.0 Å². The number of aromatic nitrogens is 4. The van der Waals surface area contributed by atoms with E-state index in [1.54, 1.807) is 9.48 Å². The fourth-order valence-corrected chi connectivity index (χ4v) is 2.74. The molecule has 0 bridgehead atoms. The van der Waals surface area contributed by atoms with Crippen LogP contribution in [0.15, 0.2) is 96.0 Å². The minimum atomic E-state index is -0.0212. The van der Waals surface area contributed by atoms with E-state index in [-0.39, 0.29) is 6.04 Å². The molecule has 0 fully saturated rings. The summed E-state index contributed by atoms with van der Waals surface area (Å²) in [6.07, 6.45) is 0. The Kier molecular flexibility index (Phi) is 4.43. The first kappa shape index (κ1) is 16.0. The summed E-state index contributed by atoms with van der Waals surface area (Å²) in [6.45, 7) is 2.06. The van der Waals surface area contributed by atoms with Gasteiger partial charge in [-0.3, -0.25) is 0 Å². The molecule has 1 unspecified atom stereocenters. The van der Waals surface area contributed by atoms with E-state index < -0.39 is 0 Å². The van der Waals surface area contributed by atoms with Crippen molar-refractivity contribution < 1.29 is 4.80 Å². The number of para-hydroxylation sites is 2. The molecule has 128 valence electrons. The van der Waals surface area contributed by atoms with Crippen molar-refractivity contribution in [3.05, 3.63) is 102 Å². The second-order valence-electron chi connectivity index (χ2n) is 5.98. The molecule has 1 atom stereocenters. The minimum absolute atomic E-state index is 0.0212. The summed E-state index contributed by atoms with van der Waals surface area (Å²) in [5.41, 5.74) is 3.53. The summed E-state index contributed by atoms with van der Waals surface area (Å²) in [6, 6.07) is 30.0. The van der Waals surface area contributed by atoms with Gasteiger partial charge in [-0.05, 0) is 36.8 Å². The van der Waals surface area contributed by atoms with Crippen LogP contribution in [0.3, 0.4) is 0 Å². The molecule has 1 aromatic heterocycles. The van der Waals surface area contributed by atoms with Crippen molar-refractivity contribution in [3.8, 4) is 11.4 Å². The van der Waals surface area contributed by atoms with E-state index in [1.807, 2.05) is 78.9 Å². The summed E-state index contributed by atoms with van der Waals surface area (Å²) in [5.74, 6) is 0. The molecule has 0 aliphatic rings. The Hall–Kier alpha value is -3.47. The van der Waals surface area contributed by atoms with E-state index >= 15 is 0 Å². The second kappa shape index (κ2) is 7.19. The smallest absolute Gasteiger partial charge is 0.262 e. The number of tetrazole rings is 1. The molecular formula is C21H19N5. The molecule has 3 aromatic carbocycles. The molecule has 4 rings (SSSR count). The number of benzene rings is 3. The SMILES string of the molecule is CC(N=c1[n-][n+](-c2ccccc2)nn1-c1ccccc1)c1ccccc1. The van der Waals surface area contributed by atoms with Gasteiger partial charge in [-0.15, -0.1) is 9.78 Å². The molecule has 26 heavy (non-hydrogen) atoms. The predicted molar refractivity (Wildman–Crippen MR) is 98.8 cm³/mol. The zero-order valence-electron chi connectivity index (χ0n) is 14.5. The van der Waals surface area contributed by atoms with Crippen LogP contribution >= 0.6 is 0 Å². The first-order valence-electron chi connectivity index (χ1n) is 8.57. The van der Waals surface area contributed by atoms with Gasteiger partial charge in [0.25, 0.3) is 5.62 Å². The average Bonchev–Trinajstić information content (AvgIpc) is 3.14. The highest BCUT2D eigenvalue weighted by atomic mass is 15.6. The Morgan fingerprint density at radius 1 is 0.846 bits per heavy atom. The van der Waals surface area contributed by atoms with Crippen LogP contribution < -0.4 is 15.5 Å². The van der Waals surface area contributed by atoms with Gasteiger partial charge in [0.05, 0.1) is 0 Å². The topological polar surface area (TPSA) is 48.2 Å². The summed E-state index contributed by atoms with van der Waals surface area (Å²) in [7, 11) is 0. The van der Waals surface area contributed by atoms with Gasteiger partial charge in [0.2, 0.25) is 0 Å². The van der Waals surface area contributed by atoms with Crippen LogP contribution in [0.25, 0.3) is 11.4 Å². The van der Waals surface area contributed by atoms with Gasteiger partial charge in [0, 0.05) is 11.3 Å². The lowest BCUT2D eigenvalue weighted by molar-refractivity contribution is -0.723. The van der Waals surface area contributed by atoms with Gasteiger partial charge in [0.1, 0.15) is 5.69 Å². The Morgan fingerprint density at radius 2 is 1.42 bits per heavy atom. The quantitative estimate of drug-likeness (QED) is 0.536. The molecule has 5 nitrogen and oxygen atoms in total. The maximum absolute atomic E-state index is 4.82. The van der Waals surface area contributed by atoms with E-state index in [2.05, 4.69) is 29.4 Å². The molecule has 0 amide bonds. The zero-order chi connectivity index (χ0) is 17.8. The molecule has 0 radical (unpaired) electrons.